The van der Waals surface area contributed by atoms with E-state index in [1.165, 1.54) is 0 Å². The van der Waals surface area contributed by atoms with E-state index in [0.717, 1.165) is 17.9 Å². The van der Waals surface area contributed by atoms with E-state index in [0.29, 0.717) is 6.61 Å². The van der Waals surface area contributed by atoms with Gasteiger partial charge in [0.15, 0.2) is 0 Å². The van der Waals surface area contributed by atoms with Gasteiger partial charge < -0.3 is 15.2 Å². The third-order valence-electron chi connectivity index (χ3n) is 2.78. The Hall–Kier alpha value is -1.22. The van der Waals surface area contributed by atoms with Gasteiger partial charge >= 0.3 is 0 Å². The largest absolute Gasteiger partial charge is 0.491 e. The van der Waals surface area contributed by atoms with Crippen molar-refractivity contribution >= 4 is 5.69 Å². The summed E-state index contributed by atoms with van der Waals surface area (Å²) in [6, 6.07) is 7.76. The summed E-state index contributed by atoms with van der Waals surface area (Å²) in [6.45, 7) is 8.32. The number of ether oxygens (including phenoxy) is 1. The van der Waals surface area contributed by atoms with Crippen LogP contribution in [0.5, 0.6) is 5.75 Å². The van der Waals surface area contributed by atoms with Crippen LogP contribution in [-0.4, -0.2) is 23.4 Å². The van der Waals surface area contributed by atoms with Gasteiger partial charge in [-0.1, -0.05) is 19.1 Å². The fourth-order valence-corrected chi connectivity index (χ4v) is 1.33. The Morgan fingerprint density at radius 2 is 2.00 bits per heavy atom. The monoisotopic (exact) mass is 237 g/mol. The van der Waals surface area contributed by atoms with Crippen LogP contribution in [0.4, 0.5) is 5.69 Å². The smallest absolute Gasteiger partial charge is 0.142 e. The molecule has 2 N–H and O–H groups in total. The minimum atomic E-state index is -0.766. The molecule has 0 aromatic heterocycles. The van der Waals surface area contributed by atoms with Gasteiger partial charge in [0.25, 0.3) is 0 Å². The van der Waals surface area contributed by atoms with Crippen LogP contribution in [0.25, 0.3) is 0 Å². The Kier molecular flexibility index (Phi) is 4.82. The zero-order valence-corrected chi connectivity index (χ0v) is 11.2. The summed E-state index contributed by atoms with van der Waals surface area (Å²) in [7, 11) is 0. The summed E-state index contributed by atoms with van der Waals surface area (Å²) in [5.74, 6) is 0.838. The highest BCUT2D eigenvalue weighted by Gasteiger charge is 2.22. The molecule has 3 heteroatoms. The molecular formula is C14H23NO2. The van der Waals surface area contributed by atoms with Crippen molar-refractivity contribution in [1.29, 1.82) is 0 Å². The zero-order chi connectivity index (χ0) is 12.9. The number of anilines is 1. The number of benzene rings is 1. The van der Waals surface area contributed by atoms with E-state index in [4.69, 9.17) is 4.74 Å². The van der Waals surface area contributed by atoms with Crippen molar-refractivity contribution in [3.63, 3.8) is 0 Å². The van der Waals surface area contributed by atoms with E-state index >= 15 is 0 Å². The number of hydrogen-bond acceptors (Lipinski definition) is 3. The van der Waals surface area contributed by atoms with E-state index in [2.05, 4.69) is 12.2 Å². The number of nitrogens with one attached hydrogen (secondary N) is 1. The minimum absolute atomic E-state index is 0.0473. The van der Waals surface area contributed by atoms with Crippen molar-refractivity contribution in [2.24, 2.45) is 0 Å². The van der Waals surface area contributed by atoms with Crippen LogP contribution in [0.15, 0.2) is 24.3 Å². The molecule has 0 saturated carbocycles. The molecule has 3 nitrogen and oxygen atoms in total. The van der Waals surface area contributed by atoms with Crippen LogP contribution >= 0.6 is 0 Å². The van der Waals surface area contributed by atoms with E-state index < -0.39 is 5.60 Å². The lowest BCUT2D eigenvalue weighted by Gasteiger charge is -2.28. The highest BCUT2D eigenvalue weighted by molar-refractivity contribution is 5.56. The number of rotatable bonds is 6. The Labute approximate surface area is 104 Å². The first-order valence-electron chi connectivity index (χ1n) is 6.16. The van der Waals surface area contributed by atoms with Crippen molar-refractivity contribution < 1.29 is 9.84 Å². The number of aliphatic hydroxyl groups is 1. The number of para-hydroxylation sites is 2. The van der Waals surface area contributed by atoms with Crippen LogP contribution in [0.2, 0.25) is 0 Å². The molecule has 0 spiro atoms. The molecule has 0 fully saturated rings. The quantitative estimate of drug-likeness (QED) is 0.799. The summed E-state index contributed by atoms with van der Waals surface area (Å²) in [5.41, 5.74) is 0.160. The first-order chi connectivity index (χ1) is 7.95. The molecule has 1 atom stereocenters. The third-order valence-corrected chi connectivity index (χ3v) is 2.78. The zero-order valence-electron chi connectivity index (χ0n) is 11.2. The van der Waals surface area contributed by atoms with Crippen molar-refractivity contribution in [1.82, 2.24) is 0 Å². The van der Waals surface area contributed by atoms with Crippen LogP contribution in [-0.2, 0) is 0 Å². The van der Waals surface area contributed by atoms with Crippen molar-refractivity contribution in [2.45, 2.75) is 45.8 Å². The van der Waals surface area contributed by atoms with E-state index in [1.807, 2.05) is 31.2 Å². The van der Waals surface area contributed by atoms with Gasteiger partial charge in [0.2, 0.25) is 0 Å². The summed E-state index contributed by atoms with van der Waals surface area (Å²) in [5, 5.41) is 13.2. The van der Waals surface area contributed by atoms with Gasteiger partial charge in [-0.2, -0.15) is 0 Å². The molecule has 1 aromatic carbocycles. The molecule has 1 rings (SSSR count). The Morgan fingerprint density at radius 3 is 2.59 bits per heavy atom. The molecule has 0 saturated heterocycles. The van der Waals surface area contributed by atoms with Crippen LogP contribution in [0, 0.1) is 0 Å². The van der Waals surface area contributed by atoms with Gasteiger partial charge in [0, 0.05) is 0 Å². The second-order valence-electron chi connectivity index (χ2n) is 4.86. The van der Waals surface area contributed by atoms with Crippen LogP contribution < -0.4 is 10.1 Å². The van der Waals surface area contributed by atoms with E-state index in [1.54, 1.807) is 13.8 Å². The molecule has 0 aliphatic carbocycles. The second kappa shape index (κ2) is 5.92. The van der Waals surface area contributed by atoms with Crippen LogP contribution in [0.3, 0.4) is 0 Å². The molecule has 1 unspecified atom stereocenters. The highest BCUT2D eigenvalue weighted by atomic mass is 16.5. The molecule has 1 aromatic rings. The van der Waals surface area contributed by atoms with E-state index in [9.17, 15) is 5.11 Å². The van der Waals surface area contributed by atoms with Gasteiger partial charge in [-0.05, 0) is 39.3 Å². The molecule has 0 heterocycles. The Morgan fingerprint density at radius 1 is 1.35 bits per heavy atom. The average molecular weight is 237 g/mol. The minimum Gasteiger partial charge on any atom is -0.491 e. The van der Waals surface area contributed by atoms with E-state index in [-0.39, 0.29) is 6.04 Å². The lowest BCUT2D eigenvalue weighted by Crippen LogP contribution is -2.39. The lowest BCUT2D eigenvalue weighted by molar-refractivity contribution is 0.0648. The molecule has 0 bridgehead atoms. The summed E-state index contributed by atoms with van der Waals surface area (Å²) < 4.78 is 5.66. The van der Waals surface area contributed by atoms with Crippen molar-refractivity contribution in [3.8, 4) is 5.75 Å². The normalized spacial score (nSPS) is 13.2. The molecule has 17 heavy (non-hydrogen) atoms. The average Bonchev–Trinajstić information content (AvgIpc) is 2.26. The summed E-state index contributed by atoms with van der Waals surface area (Å²) in [4.78, 5) is 0. The number of hydrogen-bond donors (Lipinski definition) is 2. The van der Waals surface area contributed by atoms with Gasteiger partial charge in [0.05, 0.1) is 23.9 Å². The summed E-state index contributed by atoms with van der Waals surface area (Å²) >= 11 is 0. The Bertz CT molecular complexity index is 344. The second-order valence-corrected chi connectivity index (χ2v) is 4.86. The van der Waals surface area contributed by atoms with Gasteiger partial charge in [-0.3, -0.25) is 0 Å². The fourth-order valence-electron chi connectivity index (χ4n) is 1.33. The molecule has 0 aliphatic rings. The first-order valence-corrected chi connectivity index (χ1v) is 6.16. The molecule has 0 amide bonds. The molecule has 0 radical (unpaired) electrons. The van der Waals surface area contributed by atoms with Gasteiger partial charge in [-0.15, -0.1) is 0 Å². The van der Waals surface area contributed by atoms with Crippen molar-refractivity contribution in [2.75, 3.05) is 11.9 Å². The first kappa shape index (κ1) is 13.8. The lowest BCUT2D eigenvalue weighted by atomic mass is 10.0. The van der Waals surface area contributed by atoms with Gasteiger partial charge in [-0.25, -0.2) is 0 Å². The SMILES string of the molecule is CCCOc1ccccc1NC(C)C(C)(C)O. The standard InChI is InChI=1S/C14H23NO2/c1-5-10-17-13-9-7-6-8-12(13)15-11(2)14(3,4)16/h6-9,11,15-16H,5,10H2,1-4H3. The third kappa shape index (κ3) is 4.27. The summed E-state index contributed by atoms with van der Waals surface area (Å²) in [6.07, 6.45) is 0.982. The maximum absolute atomic E-state index is 9.91. The molecule has 96 valence electrons. The Balaban J connectivity index is 2.76. The topological polar surface area (TPSA) is 41.5 Å². The highest BCUT2D eigenvalue weighted by Crippen LogP contribution is 2.26. The maximum Gasteiger partial charge on any atom is 0.142 e. The maximum atomic E-state index is 9.91. The van der Waals surface area contributed by atoms with Crippen molar-refractivity contribution in [3.05, 3.63) is 24.3 Å². The predicted octanol–water partition coefficient (Wildman–Crippen LogP) is 3.05. The fraction of sp³-hybridized carbons (Fsp3) is 0.571. The van der Waals surface area contributed by atoms with Gasteiger partial charge in [0.1, 0.15) is 5.75 Å². The van der Waals surface area contributed by atoms with Crippen LogP contribution in [0.1, 0.15) is 34.1 Å². The molecule has 0 aliphatic heterocycles. The predicted molar refractivity (Wildman–Crippen MR) is 71.6 cm³/mol. The molecular weight excluding hydrogens is 214 g/mol.